The molecule has 18 heteroatoms. The minimum atomic E-state index is -5.38. The van der Waals surface area contributed by atoms with Gasteiger partial charge in [-0.1, -0.05) is 30.3 Å². The van der Waals surface area contributed by atoms with Crippen molar-refractivity contribution in [2.24, 2.45) is 0 Å². The van der Waals surface area contributed by atoms with Crippen molar-refractivity contribution in [3.63, 3.8) is 0 Å². The Morgan fingerprint density at radius 3 is 2.04 bits per heavy atom. The van der Waals surface area contributed by atoms with Gasteiger partial charge in [-0.05, 0) is 66.3 Å². The molecule has 0 spiro atoms. The van der Waals surface area contributed by atoms with Crippen LogP contribution in [0.5, 0.6) is 5.75 Å². The molecular formula is C32H28F12N2O4. The minimum Gasteiger partial charge on any atom is -0.466 e. The van der Waals surface area contributed by atoms with Gasteiger partial charge in [0.05, 0.1) is 17.7 Å². The summed E-state index contributed by atoms with van der Waals surface area (Å²) in [6, 6.07) is 6.30. The largest absolute Gasteiger partial charge is 0.466 e. The lowest BCUT2D eigenvalue weighted by Crippen LogP contribution is -2.53. The molecule has 3 aromatic carbocycles. The number of urea groups is 1. The summed E-state index contributed by atoms with van der Waals surface area (Å²) in [4.78, 5) is 24.6. The molecule has 0 unspecified atom stereocenters. The lowest BCUT2D eigenvalue weighted by Gasteiger charge is -2.37. The highest BCUT2D eigenvalue weighted by Gasteiger charge is 2.45. The standard InChI is InChI=1S/C32H28F12N2O4/c1-2-49-26(47)5-3-4-18-6-8-19(9-7-18)16-29(46-28(48)45-17-30(37,38)39,20-10-11-25(34)24(14-20)31(40,41)42)21-12-22(33)15-23(13-21)50-32(43,44)27(35)36/h6-15,27H,2-5,16-17H2,1H3,(H2,45,46,48)/t29-/m1/s1. The Kier molecular flexibility index (Phi) is 12.7. The molecule has 2 N–H and O–H groups in total. The van der Waals surface area contributed by atoms with Crippen LogP contribution < -0.4 is 15.4 Å². The van der Waals surface area contributed by atoms with E-state index < -0.39 is 89.5 Å². The number of alkyl halides is 10. The van der Waals surface area contributed by atoms with Crippen LogP contribution >= 0.6 is 0 Å². The average molecular weight is 733 g/mol. The number of carbonyl (C=O) groups is 2. The fraction of sp³-hybridized carbons (Fsp3) is 0.375. The molecule has 0 saturated carbocycles. The topological polar surface area (TPSA) is 76.7 Å². The van der Waals surface area contributed by atoms with Gasteiger partial charge in [0, 0.05) is 18.9 Å². The summed E-state index contributed by atoms with van der Waals surface area (Å²) in [7, 11) is 0. The molecule has 0 aliphatic rings. The van der Waals surface area contributed by atoms with Crippen molar-refractivity contribution in [1.29, 1.82) is 0 Å². The van der Waals surface area contributed by atoms with Crippen molar-refractivity contribution in [2.75, 3.05) is 13.2 Å². The molecule has 1 atom stereocenters. The van der Waals surface area contributed by atoms with Crippen molar-refractivity contribution < 1.29 is 71.7 Å². The van der Waals surface area contributed by atoms with E-state index in [1.165, 1.54) is 29.6 Å². The zero-order valence-electron chi connectivity index (χ0n) is 25.8. The van der Waals surface area contributed by atoms with Crippen LogP contribution in [0.1, 0.15) is 47.6 Å². The van der Waals surface area contributed by atoms with Crippen LogP contribution in [0.4, 0.5) is 57.5 Å². The molecule has 3 aromatic rings. The molecule has 0 aromatic heterocycles. The number of rotatable bonds is 14. The minimum absolute atomic E-state index is 0.0658. The maximum absolute atomic E-state index is 15.0. The van der Waals surface area contributed by atoms with Gasteiger partial charge >= 0.3 is 36.9 Å². The second-order valence-corrected chi connectivity index (χ2v) is 10.8. The molecule has 3 rings (SSSR count). The van der Waals surface area contributed by atoms with Crippen LogP contribution in [0.15, 0.2) is 60.7 Å². The summed E-state index contributed by atoms with van der Waals surface area (Å²) in [6.07, 6.45) is -20.1. The number of hydrogen-bond donors (Lipinski definition) is 2. The molecule has 50 heavy (non-hydrogen) atoms. The SMILES string of the molecule is CCOC(=O)CCCc1ccc(C[C@](NC(=O)NCC(F)(F)F)(c2cc(F)cc(OC(F)(F)C(F)F)c2)c2ccc(F)c(C(F)(F)F)c2)cc1. The first kappa shape index (κ1) is 39.8. The second-order valence-electron chi connectivity index (χ2n) is 10.8. The van der Waals surface area contributed by atoms with Gasteiger partial charge in [-0.3, -0.25) is 4.79 Å². The normalized spacial score (nSPS) is 13.5. The number of nitrogens with one attached hydrogen (secondary N) is 2. The first-order valence-corrected chi connectivity index (χ1v) is 14.5. The Hall–Kier alpha value is -4.64. The predicted molar refractivity (Wildman–Crippen MR) is 152 cm³/mol. The Balaban J connectivity index is 2.24. The van der Waals surface area contributed by atoms with Gasteiger partial charge in [0.2, 0.25) is 0 Å². The third kappa shape index (κ3) is 10.9. The van der Waals surface area contributed by atoms with Gasteiger partial charge in [0.25, 0.3) is 0 Å². The summed E-state index contributed by atoms with van der Waals surface area (Å²) in [5.41, 5.74) is -5.35. The number of esters is 1. The van der Waals surface area contributed by atoms with Crippen molar-refractivity contribution in [2.45, 2.75) is 63.0 Å². The van der Waals surface area contributed by atoms with E-state index in [2.05, 4.69) is 4.74 Å². The summed E-state index contributed by atoms with van der Waals surface area (Å²) in [5, 5.41) is 3.49. The fourth-order valence-electron chi connectivity index (χ4n) is 4.86. The predicted octanol–water partition coefficient (Wildman–Crippen LogP) is 8.45. The first-order chi connectivity index (χ1) is 23.1. The molecule has 2 amide bonds. The third-order valence-electron chi connectivity index (χ3n) is 7.06. The number of ether oxygens (including phenoxy) is 2. The maximum Gasteiger partial charge on any atom is 0.461 e. The molecular weight excluding hydrogens is 704 g/mol. The first-order valence-electron chi connectivity index (χ1n) is 14.5. The summed E-state index contributed by atoms with van der Waals surface area (Å²) >= 11 is 0. The van der Waals surface area contributed by atoms with Crippen LogP contribution in [0.3, 0.4) is 0 Å². The number of aryl methyl sites for hydroxylation is 1. The fourth-order valence-corrected chi connectivity index (χ4v) is 4.86. The van der Waals surface area contributed by atoms with Gasteiger partial charge in [0.15, 0.2) is 0 Å². The van der Waals surface area contributed by atoms with E-state index in [9.17, 15) is 62.3 Å². The maximum atomic E-state index is 15.0. The van der Waals surface area contributed by atoms with E-state index in [4.69, 9.17) is 4.74 Å². The van der Waals surface area contributed by atoms with E-state index in [1.807, 2.05) is 5.32 Å². The molecule has 0 aliphatic carbocycles. The highest BCUT2D eigenvalue weighted by molar-refractivity contribution is 5.76. The molecule has 6 nitrogen and oxygen atoms in total. The third-order valence-corrected chi connectivity index (χ3v) is 7.06. The smallest absolute Gasteiger partial charge is 0.461 e. The number of hydrogen-bond acceptors (Lipinski definition) is 4. The summed E-state index contributed by atoms with van der Waals surface area (Å²) < 4.78 is 172. The Bertz CT molecular complexity index is 1630. The average Bonchev–Trinajstić information content (AvgIpc) is 2.99. The molecule has 0 aliphatic heterocycles. The van der Waals surface area contributed by atoms with Crippen LogP contribution in [0.25, 0.3) is 0 Å². The summed E-state index contributed by atoms with van der Waals surface area (Å²) in [6.45, 7) is -0.175. The number of benzene rings is 3. The van der Waals surface area contributed by atoms with Crippen molar-refractivity contribution >= 4 is 12.0 Å². The Morgan fingerprint density at radius 2 is 1.46 bits per heavy atom. The molecule has 0 saturated heterocycles. The molecule has 0 radical (unpaired) electrons. The lowest BCUT2D eigenvalue weighted by atomic mass is 9.77. The zero-order chi connectivity index (χ0) is 37.5. The highest BCUT2D eigenvalue weighted by atomic mass is 19.4. The van der Waals surface area contributed by atoms with Crippen molar-refractivity contribution in [3.05, 3.63) is 100 Å². The van der Waals surface area contributed by atoms with E-state index >= 15 is 0 Å². The van der Waals surface area contributed by atoms with E-state index in [1.54, 1.807) is 6.92 Å². The second kappa shape index (κ2) is 15.9. The summed E-state index contributed by atoms with van der Waals surface area (Å²) in [5.74, 6) is -5.07. The monoisotopic (exact) mass is 732 g/mol. The molecule has 274 valence electrons. The van der Waals surface area contributed by atoms with Gasteiger partial charge in [0.1, 0.15) is 23.9 Å². The van der Waals surface area contributed by atoms with Crippen molar-refractivity contribution in [3.8, 4) is 5.75 Å². The molecule has 0 fully saturated rings. The molecule has 0 bridgehead atoms. The van der Waals surface area contributed by atoms with Gasteiger partial charge < -0.3 is 20.1 Å². The highest BCUT2D eigenvalue weighted by Crippen LogP contribution is 2.41. The van der Waals surface area contributed by atoms with E-state index in [-0.39, 0.29) is 30.7 Å². The zero-order valence-corrected chi connectivity index (χ0v) is 25.8. The Labute approximate surface area is 276 Å². The van der Waals surface area contributed by atoms with Gasteiger partial charge in [-0.15, -0.1) is 0 Å². The number of amides is 2. The van der Waals surface area contributed by atoms with Crippen LogP contribution in [-0.2, 0) is 34.1 Å². The van der Waals surface area contributed by atoms with Crippen LogP contribution in [0, 0.1) is 11.6 Å². The van der Waals surface area contributed by atoms with Crippen LogP contribution in [-0.4, -0.2) is 43.9 Å². The number of halogens is 12. The van der Waals surface area contributed by atoms with Crippen LogP contribution in [0.2, 0.25) is 0 Å². The number of carbonyl (C=O) groups excluding carboxylic acids is 2. The lowest BCUT2D eigenvalue weighted by molar-refractivity contribution is -0.253. The van der Waals surface area contributed by atoms with E-state index in [0.717, 1.165) is 0 Å². The Morgan fingerprint density at radius 1 is 0.820 bits per heavy atom. The van der Waals surface area contributed by atoms with Crippen molar-refractivity contribution in [1.82, 2.24) is 10.6 Å². The van der Waals surface area contributed by atoms with Gasteiger partial charge in [-0.25, -0.2) is 13.6 Å². The molecule has 0 heterocycles. The quantitative estimate of drug-likeness (QED) is 0.129. The van der Waals surface area contributed by atoms with E-state index in [0.29, 0.717) is 42.7 Å². The van der Waals surface area contributed by atoms with Gasteiger partial charge in [-0.2, -0.15) is 43.9 Å².